The second-order valence-corrected chi connectivity index (χ2v) is 6.47. The highest BCUT2D eigenvalue weighted by molar-refractivity contribution is 5.97. The number of H-pyrrole nitrogens is 2. The van der Waals surface area contributed by atoms with E-state index in [-0.39, 0.29) is 11.6 Å². The lowest BCUT2D eigenvalue weighted by atomic mass is 10.0. The summed E-state index contributed by atoms with van der Waals surface area (Å²) in [4.78, 5) is 29.0. The van der Waals surface area contributed by atoms with Gasteiger partial charge in [-0.15, -0.1) is 0 Å². The molecule has 0 radical (unpaired) electrons. The van der Waals surface area contributed by atoms with Gasteiger partial charge >= 0.3 is 5.69 Å². The van der Waals surface area contributed by atoms with Crippen LogP contribution in [0.3, 0.4) is 0 Å². The topological polar surface area (TPSA) is 89.8 Å². The molecule has 6 heteroatoms. The van der Waals surface area contributed by atoms with Gasteiger partial charge in [-0.25, -0.2) is 4.79 Å². The van der Waals surface area contributed by atoms with Crippen LogP contribution in [0.5, 0.6) is 0 Å². The van der Waals surface area contributed by atoms with Crippen molar-refractivity contribution in [2.75, 3.05) is 10.6 Å². The molecule has 3 rings (SSSR count). The molecule has 1 atom stereocenters. The molecule has 0 saturated heterocycles. The van der Waals surface area contributed by atoms with Gasteiger partial charge in [-0.2, -0.15) is 0 Å². The molecule has 0 bridgehead atoms. The largest absolute Gasteiger partial charge is 0.374 e. The minimum Gasteiger partial charge on any atom is -0.374 e. The fourth-order valence-corrected chi connectivity index (χ4v) is 2.64. The molecular formula is C19H22N4O2. The molecule has 1 aromatic heterocycles. The number of hydrogen-bond donors (Lipinski definition) is 4. The van der Waals surface area contributed by atoms with E-state index in [0.29, 0.717) is 22.6 Å². The summed E-state index contributed by atoms with van der Waals surface area (Å²) in [7, 11) is 0. The molecule has 3 aromatic rings. The SMILES string of the molecule is CC(C)c1ccc(N[C@H](C)C(=O)Nc2ccc3[nH]c(=O)[nH]c3c2)cc1. The Morgan fingerprint density at radius 2 is 1.56 bits per heavy atom. The fourth-order valence-electron chi connectivity index (χ4n) is 2.64. The number of carbonyl (C=O) groups is 1. The molecule has 0 aliphatic carbocycles. The summed E-state index contributed by atoms with van der Waals surface area (Å²) in [6.45, 7) is 6.10. The number of carbonyl (C=O) groups excluding carboxylic acids is 1. The summed E-state index contributed by atoms with van der Waals surface area (Å²) >= 11 is 0. The Morgan fingerprint density at radius 1 is 0.920 bits per heavy atom. The molecule has 0 aliphatic heterocycles. The highest BCUT2D eigenvalue weighted by atomic mass is 16.2. The average Bonchev–Trinajstić information content (AvgIpc) is 2.94. The maximum absolute atomic E-state index is 12.4. The molecule has 0 spiro atoms. The van der Waals surface area contributed by atoms with Crippen LogP contribution < -0.4 is 16.3 Å². The lowest BCUT2D eigenvalue weighted by molar-refractivity contribution is -0.116. The van der Waals surface area contributed by atoms with E-state index in [0.717, 1.165) is 5.69 Å². The Labute approximate surface area is 145 Å². The Bertz CT molecular complexity index is 938. The number of fused-ring (bicyclic) bond motifs is 1. The number of amides is 1. The van der Waals surface area contributed by atoms with Crippen LogP contribution in [-0.2, 0) is 4.79 Å². The van der Waals surface area contributed by atoms with Crippen molar-refractivity contribution in [1.82, 2.24) is 9.97 Å². The van der Waals surface area contributed by atoms with E-state index in [1.54, 1.807) is 18.2 Å². The highest BCUT2D eigenvalue weighted by Gasteiger charge is 2.13. The van der Waals surface area contributed by atoms with Gasteiger partial charge in [0, 0.05) is 11.4 Å². The molecule has 25 heavy (non-hydrogen) atoms. The Balaban J connectivity index is 1.65. The first-order valence-electron chi connectivity index (χ1n) is 8.32. The number of nitrogens with one attached hydrogen (secondary N) is 4. The number of hydrogen-bond acceptors (Lipinski definition) is 3. The van der Waals surface area contributed by atoms with E-state index in [4.69, 9.17) is 0 Å². The molecule has 1 heterocycles. The van der Waals surface area contributed by atoms with Crippen molar-refractivity contribution in [3.8, 4) is 0 Å². The van der Waals surface area contributed by atoms with Gasteiger partial charge in [0.25, 0.3) is 0 Å². The fraction of sp³-hybridized carbons (Fsp3) is 0.263. The van der Waals surface area contributed by atoms with Gasteiger partial charge in [-0.3, -0.25) is 4.79 Å². The second-order valence-electron chi connectivity index (χ2n) is 6.47. The van der Waals surface area contributed by atoms with Crippen molar-refractivity contribution in [3.63, 3.8) is 0 Å². The Morgan fingerprint density at radius 3 is 2.24 bits per heavy atom. The summed E-state index contributed by atoms with van der Waals surface area (Å²) in [5.74, 6) is 0.328. The van der Waals surface area contributed by atoms with Crippen molar-refractivity contribution in [2.45, 2.75) is 32.7 Å². The molecule has 4 N–H and O–H groups in total. The van der Waals surface area contributed by atoms with Crippen LogP contribution in [0.15, 0.2) is 47.3 Å². The Hall–Kier alpha value is -3.02. The van der Waals surface area contributed by atoms with Crippen LogP contribution in [0.25, 0.3) is 11.0 Å². The smallest absolute Gasteiger partial charge is 0.323 e. The monoisotopic (exact) mass is 338 g/mol. The molecule has 1 amide bonds. The molecule has 130 valence electrons. The van der Waals surface area contributed by atoms with Gasteiger partial charge in [0.2, 0.25) is 5.91 Å². The molecule has 0 fully saturated rings. The number of aromatic amines is 2. The number of anilines is 2. The first-order chi connectivity index (χ1) is 11.9. The zero-order valence-corrected chi connectivity index (χ0v) is 14.5. The normalized spacial score (nSPS) is 12.3. The lowest BCUT2D eigenvalue weighted by Gasteiger charge is -2.16. The summed E-state index contributed by atoms with van der Waals surface area (Å²) in [6.07, 6.45) is 0. The van der Waals surface area contributed by atoms with Crippen LogP contribution >= 0.6 is 0 Å². The van der Waals surface area contributed by atoms with Gasteiger partial charge < -0.3 is 20.6 Å². The van der Waals surface area contributed by atoms with Crippen molar-refractivity contribution < 1.29 is 4.79 Å². The summed E-state index contributed by atoms with van der Waals surface area (Å²) in [6, 6.07) is 12.9. The third kappa shape index (κ3) is 3.91. The predicted molar refractivity (Wildman–Crippen MR) is 101 cm³/mol. The van der Waals surface area contributed by atoms with Crippen molar-refractivity contribution in [2.24, 2.45) is 0 Å². The number of aromatic nitrogens is 2. The molecule has 0 aliphatic rings. The van der Waals surface area contributed by atoms with Gasteiger partial charge in [-0.1, -0.05) is 26.0 Å². The maximum atomic E-state index is 12.4. The summed E-state index contributed by atoms with van der Waals surface area (Å²) < 4.78 is 0. The third-order valence-electron chi connectivity index (χ3n) is 4.14. The summed E-state index contributed by atoms with van der Waals surface area (Å²) in [5, 5.41) is 6.05. The first-order valence-corrected chi connectivity index (χ1v) is 8.32. The van der Waals surface area contributed by atoms with Crippen LogP contribution in [-0.4, -0.2) is 21.9 Å². The minimum atomic E-state index is -0.397. The molecular weight excluding hydrogens is 316 g/mol. The van der Waals surface area contributed by atoms with Crippen molar-refractivity contribution in [3.05, 3.63) is 58.5 Å². The van der Waals surface area contributed by atoms with E-state index >= 15 is 0 Å². The zero-order chi connectivity index (χ0) is 18.0. The first kappa shape index (κ1) is 16.8. The lowest BCUT2D eigenvalue weighted by Crippen LogP contribution is -2.31. The van der Waals surface area contributed by atoms with Gasteiger partial charge in [0.15, 0.2) is 0 Å². The van der Waals surface area contributed by atoms with Crippen LogP contribution in [0.4, 0.5) is 11.4 Å². The second kappa shape index (κ2) is 6.84. The number of imidazole rings is 1. The average molecular weight is 338 g/mol. The quantitative estimate of drug-likeness (QED) is 0.574. The number of benzene rings is 2. The van der Waals surface area contributed by atoms with Crippen molar-refractivity contribution in [1.29, 1.82) is 0 Å². The Kier molecular flexibility index (Phi) is 4.61. The van der Waals surface area contributed by atoms with Gasteiger partial charge in [-0.05, 0) is 48.7 Å². The zero-order valence-electron chi connectivity index (χ0n) is 14.5. The molecule has 6 nitrogen and oxygen atoms in total. The maximum Gasteiger partial charge on any atom is 0.323 e. The van der Waals surface area contributed by atoms with Crippen LogP contribution in [0.1, 0.15) is 32.3 Å². The third-order valence-corrected chi connectivity index (χ3v) is 4.14. The van der Waals surface area contributed by atoms with Gasteiger partial charge in [0.05, 0.1) is 11.0 Å². The van der Waals surface area contributed by atoms with Crippen molar-refractivity contribution >= 4 is 28.3 Å². The van der Waals surface area contributed by atoms with E-state index in [2.05, 4.69) is 46.6 Å². The molecule has 2 aromatic carbocycles. The molecule has 0 saturated carbocycles. The standard InChI is InChI=1S/C19H22N4O2/c1-11(2)13-4-6-14(7-5-13)20-12(3)18(24)21-15-8-9-16-17(10-15)23-19(25)22-16/h4-12,20H,1-3H3,(H,21,24)(H2,22,23,25)/t12-/m1/s1. The van der Waals surface area contributed by atoms with E-state index in [1.165, 1.54) is 5.56 Å². The van der Waals surface area contributed by atoms with E-state index in [9.17, 15) is 9.59 Å². The van der Waals surface area contributed by atoms with Crippen LogP contribution in [0, 0.1) is 0 Å². The summed E-state index contributed by atoms with van der Waals surface area (Å²) in [5.41, 5.74) is 3.90. The minimum absolute atomic E-state index is 0.148. The predicted octanol–water partition coefficient (Wildman–Crippen LogP) is 3.42. The number of rotatable bonds is 5. The molecule has 0 unspecified atom stereocenters. The van der Waals surface area contributed by atoms with E-state index in [1.807, 2.05) is 19.1 Å². The van der Waals surface area contributed by atoms with Gasteiger partial charge in [0.1, 0.15) is 6.04 Å². The van der Waals surface area contributed by atoms with Crippen LogP contribution in [0.2, 0.25) is 0 Å². The van der Waals surface area contributed by atoms with E-state index < -0.39 is 6.04 Å². The highest BCUT2D eigenvalue weighted by Crippen LogP contribution is 2.18.